The smallest absolute Gasteiger partial charge is 0.240 e. The molecule has 10 heavy (non-hydrogen) atoms. The van der Waals surface area contributed by atoms with Gasteiger partial charge in [-0.2, -0.15) is 9.49 Å². The summed E-state index contributed by atoms with van der Waals surface area (Å²) in [7, 11) is 0. The molecule has 0 aromatic rings. The van der Waals surface area contributed by atoms with Crippen molar-refractivity contribution in [3.8, 4) is 0 Å². The van der Waals surface area contributed by atoms with Crippen molar-refractivity contribution >= 4 is 6.34 Å². The molecule has 0 radical (unpaired) electrons. The van der Waals surface area contributed by atoms with E-state index in [0.29, 0.717) is 0 Å². The van der Waals surface area contributed by atoms with Crippen molar-refractivity contribution in [1.29, 1.82) is 0 Å². The summed E-state index contributed by atoms with van der Waals surface area (Å²) in [5.41, 5.74) is 0. The van der Waals surface area contributed by atoms with Crippen LogP contribution in [0.2, 0.25) is 0 Å². The number of hydrazone groups is 1. The molecule has 0 bridgehead atoms. The highest BCUT2D eigenvalue weighted by molar-refractivity contribution is 5.54. The van der Waals surface area contributed by atoms with E-state index in [9.17, 15) is 8.87 Å². The first-order valence-electron chi connectivity index (χ1n) is 3.03. The maximum atomic E-state index is 12.6. The fourth-order valence-electron chi connectivity index (χ4n) is 0.711. The molecule has 1 unspecified atom stereocenters. The van der Waals surface area contributed by atoms with Crippen LogP contribution in [0.25, 0.3) is 0 Å². The normalized spacial score (nSPS) is 25.1. The molecule has 0 saturated heterocycles. The van der Waals surface area contributed by atoms with Gasteiger partial charge in [0.05, 0.1) is 0 Å². The summed E-state index contributed by atoms with van der Waals surface area (Å²) in [6, 6.07) is -0.119. The molecule has 0 saturated carbocycles. The zero-order chi connectivity index (χ0) is 7.72. The molecule has 0 aliphatic carbocycles. The standard InChI is InChI=1S/C5H9F2N3/c1-4(2)10-5(6)9(7)3-8-10/h3-5H,1-2H3. The minimum absolute atomic E-state index is 0.0694. The molecular weight excluding hydrogens is 140 g/mol. The Bertz CT molecular complexity index is 148. The Kier molecular flexibility index (Phi) is 1.74. The summed E-state index contributed by atoms with van der Waals surface area (Å²) >= 11 is 0. The molecule has 0 aromatic carbocycles. The van der Waals surface area contributed by atoms with E-state index in [1.165, 1.54) is 0 Å². The van der Waals surface area contributed by atoms with Gasteiger partial charge in [0.25, 0.3) is 6.42 Å². The summed E-state index contributed by atoms with van der Waals surface area (Å²) in [6.07, 6.45) is -0.926. The molecule has 1 rings (SSSR count). The Labute approximate surface area is 57.8 Å². The van der Waals surface area contributed by atoms with Gasteiger partial charge in [-0.1, -0.05) is 4.48 Å². The third-order valence-corrected chi connectivity index (χ3v) is 1.25. The van der Waals surface area contributed by atoms with Crippen molar-refractivity contribution in [2.75, 3.05) is 0 Å². The number of hydrogen-bond donors (Lipinski definition) is 0. The molecule has 1 aliphatic heterocycles. The lowest BCUT2D eigenvalue weighted by molar-refractivity contribution is -0.0873. The molecule has 3 nitrogen and oxygen atoms in total. The first-order valence-corrected chi connectivity index (χ1v) is 3.03. The summed E-state index contributed by atoms with van der Waals surface area (Å²) in [5, 5.41) is 4.45. The first kappa shape index (κ1) is 7.24. The lowest BCUT2D eigenvalue weighted by Crippen LogP contribution is -2.35. The van der Waals surface area contributed by atoms with E-state index in [1.54, 1.807) is 13.8 Å². The second-order valence-electron chi connectivity index (χ2n) is 2.36. The largest absolute Gasteiger partial charge is 0.292 e. The van der Waals surface area contributed by atoms with Gasteiger partial charge in [0.1, 0.15) is 6.34 Å². The fraction of sp³-hybridized carbons (Fsp3) is 0.800. The van der Waals surface area contributed by atoms with Gasteiger partial charge in [0.2, 0.25) is 0 Å². The molecule has 5 heteroatoms. The van der Waals surface area contributed by atoms with Crippen molar-refractivity contribution in [2.24, 2.45) is 5.10 Å². The maximum absolute atomic E-state index is 12.6. The Hall–Kier alpha value is -0.870. The van der Waals surface area contributed by atoms with Crippen molar-refractivity contribution < 1.29 is 8.87 Å². The highest BCUT2D eigenvalue weighted by Gasteiger charge is 2.29. The maximum Gasteiger partial charge on any atom is 0.292 e. The van der Waals surface area contributed by atoms with E-state index in [-0.39, 0.29) is 11.2 Å². The Morgan fingerprint density at radius 2 is 2.20 bits per heavy atom. The van der Waals surface area contributed by atoms with E-state index in [2.05, 4.69) is 5.10 Å². The highest BCUT2D eigenvalue weighted by Crippen LogP contribution is 2.16. The molecule has 1 atom stereocenters. The van der Waals surface area contributed by atoms with E-state index in [0.717, 1.165) is 11.3 Å². The van der Waals surface area contributed by atoms with E-state index in [4.69, 9.17) is 0 Å². The van der Waals surface area contributed by atoms with Gasteiger partial charge in [0.15, 0.2) is 0 Å². The van der Waals surface area contributed by atoms with Crippen LogP contribution in [0.1, 0.15) is 13.8 Å². The average Bonchev–Trinajstić information content (AvgIpc) is 2.14. The van der Waals surface area contributed by atoms with Crippen LogP contribution < -0.4 is 0 Å². The third-order valence-electron chi connectivity index (χ3n) is 1.25. The van der Waals surface area contributed by atoms with Crippen LogP contribution in [0.15, 0.2) is 5.10 Å². The molecule has 1 heterocycles. The average molecular weight is 149 g/mol. The van der Waals surface area contributed by atoms with Crippen LogP contribution in [0.3, 0.4) is 0 Å². The molecule has 1 aliphatic rings. The number of hydrogen-bond acceptors (Lipinski definition) is 3. The third kappa shape index (κ3) is 1.03. The van der Waals surface area contributed by atoms with Gasteiger partial charge in [-0.3, -0.25) is 0 Å². The van der Waals surface area contributed by atoms with Crippen LogP contribution >= 0.6 is 0 Å². The number of alkyl halides is 1. The van der Waals surface area contributed by atoms with Crippen molar-refractivity contribution in [3.05, 3.63) is 0 Å². The lowest BCUT2D eigenvalue weighted by atomic mass is 10.4. The Balaban J connectivity index is 2.58. The Morgan fingerprint density at radius 3 is 2.40 bits per heavy atom. The lowest BCUT2D eigenvalue weighted by Gasteiger charge is -2.21. The molecule has 0 fully saturated rings. The van der Waals surface area contributed by atoms with Gasteiger partial charge < -0.3 is 0 Å². The predicted molar refractivity (Wildman–Crippen MR) is 33.3 cm³/mol. The van der Waals surface area contributed by atoms with Crippen LogP contribution in [-0.4, -0.2) is 28.9 Å². The summed E-state index contributed by atoms with van der Waals surface area (Å²) in [4.78, 5) is 0. The SMILES string of the molecule is CC(C)N1N=CN(F)C1F. The van der Waals surface area contributed by atoms with Gasteiger partial charge >= 0.3 is 0 Å². The second-order valence-corrected chi connectivity index (χ2v) is 2.36. The van der Waals surface area contributed by atoms with Crippen LogP contribution in [-0.2, 0) is 0 Å². The highest BCUT2D eigenvalue weighted by atomic mass is 19.2. The summed E-state index contributed by atoms with van der Waals surface area (Å²) < 4.78 is 24.8. The minimum Gasteiger partial charge on any atom is -0.240 e. The first-order chi connectivity index (χ1) is 4.63. The van der Waals surface area contributed by atoms with Crippen LogP contribution in [0, 0.1) is 0 Å². The molecule has 58 valence electrons. The topological polar surface area (TPSA) is 18.8 Å². The fourth-order valence-corrected chi connectivity index (χ4v) is 0.711. The van der Waals surface area contributed by atoms with Crippen molar-refractivity contribution in [2.45, 2.75) is 26.3 Å². The minimum atomic E-state index is -1.75. The zero-order valence-corrected chi connectivity index (χ0v) is 5.83. The predicted octanol–water partition coefficient (Wildman–Crippen LogP) is 1.09. The molecule has 0 aromatic heterocycles. The van der Waals surface area contributed by atoms with E-state index < -0.39 is 6.42 Å². The number of halogens is 2. The van der Waals surface area contributed by atoms with Gasteiger partial charge in [0, 0.05) is 6.04 Å². The zero-order valence-electron chi connectivity index (χ0n) is 5.83. The quantitative estimate of drug-likeness (QED) is 0.410. The van der Waals surface area contributed by atoms with Crippen molar-refractivity contribution in [3.63, 3.8) is 0 Å². The number of nitrogens with zero attached hydrogens (tertiary/aromatic N) is 3. The van der Waals surface area contributed by atoms with Gasteiger partial charge in [-0.25, -0.2) is 5.01 Å². The Morgan fingerprint density at radius 1 is 1.60 bits per heavy atom. The monoisotopic (exact) mass is 149 g/mol. The summed E-state index contributed by atoms with van der Waals surface area (Å²) in [5.74, 6) is 0. The number of rotatable bonds is 1. The van der Waals surface area contributed by atoms with Crippen molar-refractivity contribution in [1.82, 2.24) is 10.1 Å². The molecule has 0 amide bonds. The van der Waals surface area contributed by atoms with Crippen LogP contribution in [0.5, 0.6) is 0 Å². The van der Waals surface area contributed by atoms with Gasteiger partial charge in [-0.05, 0) is 13.8 Å². The molecule has 0 spiro atoms. The van der Waals surface area contributed by atoms with Gasteiger partial charge in [-0.15, -0.1) is 5.12 Å². The summed E-state index contributed by atoms with van der Waals surface area (Å²) in [6.45, 7) is 3.48. The molecular formula is C5H9F2N3. The van der Waals surface area contributed by atoms with Crippen LogP contribution in [0.4, 0.5) is 8.87 Å². The van der Waals surface area contributed by atoms with E-state index in [1.807, 2.05) is 0 Å². The molecule has 0 N–H and O–H groups in total. The van der Waals surface area contributed by atoms with E-state index >= 15 is 0 Å². The second kappa shape index (κ2) is 2.40.